The Bertz CT molecular complexity index is 1250. The van der Waals surface area contributed by atoms with Gasteiger partial charge in [0.1, 0.15) is 0 Å². The Kier molecular flexibility index (Phi) is 6.54. The van der Waals surface area contributed by atoms with Gasteiger partial charge in [-0.05, 0) is 50.5 Å². The minimum atomic E-state index is -1.37. The summed E-state index contributed by atoms with van der Waals surface area (Å²) in [4.78, 5) is 32.6. The number of hydrogen-bond acceptors (Lipinski definition) is 9. The van der Waals surface area contributed by atoms with Crippen LogP contribution in [0.3, 0.4) is 0 Å². The molecule has 3 aromatic rings. The third kappa shape index (κ3) is 4.47. The van der Waals surface area contributed by atoms with Crippen LogP contribution < -0.4 is 21.3 Å². The van der Waals surface area contributed by atoms with Gasteiger partial charge in [0.2, 0.25) is 5.79 Å². The van der Waals surface area contributed by atoms with Gasteiger partial charge in [-0.25, -0.2) is 9.78 Å². The lowest BCUT2D eigenvalue weighted by molar-refractivity contribution is -0.132. The Morgan fingerprint density at radius 1 is 1.35 bits per heavy atom. The predicted molar refractivity (Wildman–Crippen MR) is 134 cm³/mol. The van der Waals surface area contributed by atoms with Crippen LogP contribution in [0.4, 0.5) is 16.5 Å². The lowest BCUT2D eigenvalue weighted by Crippen LogP contribution is -2.67. The number of amides is 1. The molecule has 0 saturated heterocycles. The first-order valence-electron chi connectivity index (χ1n) is 10.4. The number of rotatable bonds is 9. The topological polar surface area (TPSA) is 133 Å². The van der Waals surface area contributed by atoms with E-state index in [0.717, 1.165) is 10.2 Å². The Balaban J connectivity index is 1.77. The van der Waals surface area contributed by atoms with Crippen molar-refractivity contribution in [1.29, 1.82) is 0 Å². The number of benzene rings is 2. The number of aromatic nitrogens is 1. The number of nitrogens with two attached hydrogens (primary N) is 1. The average molecular weight is 505 g/mol. The molecule has 4 rings (SSSR count). The molecule has 0 fully saturated rings. The summed E-state index contributed by atoms with van der Waals surface area (Å²) in [6.07, 6.45) is -1.16. The Hall–Kier alpha value is -3.12. The van der Waals surface area contributed by atoms with Crippen molar-refractivity contribution >= 4 is 61.5 Å². The molecule has 2 unspecified atom stereocenters. The van der Waals surface area contributed by atoms with E-state index in [1.165, 1.54) is 23.5 Å². The SMILES string of the molecule is CN(C)CCOC(C(N)=O)C1(Nc2nc3ccc(Cl)cc3s2)Nc2cc(C(=O)O)ccc2N1C. The van der Waals surface area contributed by atoms with Crippen molar-refractivity contribution in [2.45, 2.75) is 11.9 Å². The highest BCUT2D eigenvalue weighted by Crippen LogP contribution is 2.43. The normalized spacial score (nSPS) is 18.1. The van der Waals surface area contributed by atoms with Crippen LogP contribution in [0.15, 0.2) is 36.4 Å². The molecule has 0 bridgehead atoms. The largest absolute Gasteiger partial charge is 0.478 e. The molecule has 2 atom stereocenters. The highest BCUT2D eigenvalue weighted by Gasteiger charge is 2.52. The number of thiazole rings is 1. The molecule has 0 radical (unpaired) electrons. The van der Waals surface area contributed by atoms with Gasteiger partial charge in [0.15, 0.2) is 11.2 Å². The quantitative estimate of drug-likeness (QED) is 0.347. The van der Waals surface area contributed by atoms with Gasteiger partial charge in [-0.15, -0.1) is 0 Å². The molecular formula is C22H25ClN6O4S. The zero-order valence-electron chi connectivity index (χ0n) is 18.8. The first-order chi connectivity index (χ1) is 16.1. The summed E-state index contributed by atoms with van der Waals surface area (Å²) in [6, 6.07) is 10.1. The van der Waals surface area contributed by atoms with E-state index in [1.54, 1.807) is 24.1 Å². The van der Waals surface area contributed by atoms with E-state index in [-0.39, 0.29) is 12.2 Å². The maximum atomic E-state index is 12.7. The van der Waals surface area contributed by atoms with E-state index in [1.807, 2.05) is 31.1 Å². The molecule has 0 saturated carbocycles. The van der Waals surface area contributed by atoms with Gasteiger partial charge in [-0.1, -0.05) is 22.9 Å². The molecule has 34 heavy (non-hydrogen) atoms. The Morgan fingerprint density at radius 3 is 2.79 bits per heavy atom. The summed E-state index contributed by atoms with van der Waals surface area (Å²) in [5.74, 6) is -3.12. The van der Waals surface area contributed by atoms with Crippen molar-refractivity contribution in [1.82, 2.24) is 9.88 Å². The summed E-state index contributed by atoms with van der Waals surface area (Å²) in [7, 11) is 5.56. The first kappa shape index (κ1) is 24.0. The molecule has 2 aromatic carbocycles. The second-order valence-corrected chi connectivity index (χ2v) is 9.67. The minimum Gasteiger partial charge on any atom is -0.478 e. The number of nitrogens with zero attached hydrogens (tertiary/aromatic N) is 3. The number of carboxylic acid groups (broad SMARTS) is 1. The van der Waals surface area contributed by atoms with Crippen molar-refractivity contribution in [3.8, 4) is 0 Å². The van der Waals surface area contributed by atoms with Gasteiger partial charge >= 0.3 is 5.97 Å². The van der Waals surface area contributed by atoms with Gasteiger partial charge in [0, 0.05) is 18.6 Å². The van der Waals surface area contributed by atoms with Gasteiger partial charge in [-0.3, -0.25) is 4.79 Å². The summed E-state index contributed by atoms with van der Waals surface area (Å²) < 4.78 is 6.86. The summed E-state index contributed by atoms with van der Waals surface area (Å²) in [5, 5.41) is 17.1. The Labute approximate surface area is 205 Å². The lowest BCUT2D eigenvalue weighted by atomic mass is 10.1. The summed E-state index contributed by atoms with van der Waals surface area (Å²) in [6.45, 7) is 0.811. The van der Waals surface area contributed by atoms with Crippen LogP contribution in [0.5, 0.6) is 0 Å². The first-order valence-corrected chi connectivity index (χ1v) is 11.6. The summed E-state index contributed by atoms with van der Waals surface area (Å²) in [5.41, 5.74) is 7.86. The number of anilines is 3. The third-order valence-electron chi connectivity index (χ3n) is 5.57. The smallest absolute Gasteiger partial charge is 0.335 e. The van der Waals surface area contributed by atoms with Crippen LogP contribution in [-0.4, -0.2) is 73.1 Å². The molecule has 1 aromatic heterocycles. The fourth-order valence-electron chi connectivity index (χ4n) is 3.84. The average Bonchev–Trinajstić information content (AvgIpc) is 3.28. The maximum absolute atomic E-state index is 12.7. The highest BCUT2D eigenvalue weighted by molar-refractivity contribution is 7.22. The van der Waals surface area contributed by atoms with Crippen molar-refractivity contribution in [2.24, 2.45) is 5.73 Å². The monoisotopic (exact) mass is 504 g/mol. The number of ether oxygens (including phenoxy) is 1. The number of carbonyl (C=O) groups is 2. The van der Waals surface area contributed by atoms with Gasteiger partial charge in [0.05, 0.1) is 33.8 Å². The molecular weight excluding hydrogens is 480 g/mol. The molecule has 0 spiro atoms. The molecule has 2 heterocycles. The highest BCUT2D eigenvalue weighted by atomic mass is 35.5. The van der Waals surface area contributed by atoms with Crippen LogP contribution >= 0.6 is 22.9 Å². The van der Waals surface area contributed by atoms with Crippen molar-refractivity contribution < 1.29 is 19.4 Å². The second-order valence-electron chi connectivity index (χ2n) is 8.20. The van der Waals surface area contributed by atoms with Gasteiger partial charge < -0.3 is 36.0 Å². The molecule has 5 N–H and O–H groups in total. The maximum Gasteiger partial charge on any atom is 0.335 e. The third-order valence-corrected chi connectivity index (χ3v) is 6.74. The molecule has 1 aliphatic rings. The van der Waals surface area contributed by atoms with E-state index in [9.17, 15) is 14.7 Å². The predicted octanol–water partition coefficient (Wildman–Crippen LogP) is 2.71. The van der Waals surface area contributed by atoms with E-state index in [0.29, 0.717) is 28.1 Å². The van der Waals surface area contributed by atoms with Crippen molar-refractivity contribution in [2.75, 3.05) is 49.8 Å². The molecule has 180 valence electrons. The van der Waals surface area contributed by atoms with Gasteiger partial charge in [-0.2, -0.15) is 0 Å². The molecule has 12 heteroatoms. The minimum absolute atomic E-state index is 0.106. The number of hydrogen-bond donors (Lipinski definition) is 4. The molecule has 1 aliphatic heterocycles. The lowest BCUT2D eigenvalue weighted by Gasteiger charge is -2.42. The number of halogens is 1. The van der Waals surface area contributed by atoms with Crippen LogP contribution in [-0.2, 0) is 9.53 Å². The zero-order valence-corrected chi connectivity index (χ0v) is 20.4. The zero-order chi connectivity index (χ0) is 24.6. The van der Waals surface area contributed by atoms with E-state index in [2.05, 4.69) is 15.6 Å². The number of likely N-dealkylation sites (N-methyl/N-ethyl adjacent to an activating group) is 2. The number of carboxylic acids is 1. The fraction of sp³-hybridized carbons (Fsp3) is 0.318. The van der Waals surface area contributed by atoms with Crippen molar-refractivity contribution in [3.05, 3.63) is 47.0 Å². The second kappa shape index (κ2) is 9.26. The van der Waals surface area contributed by atoms with Crippen LogP contribution in [0.1, 0.15) is 10.4 Å². The molecule has 10 nitrogen and oxygen atoms in total. The van der Waals surface area contributed by atoms with E-state index in [4.69, 9.17) is 22.1 Å². The number of aromatic carboxylic acids is 1. The van der Waals surface area contributed by atoms with Crippen molar-refractivity contribution in [3.63, 3.8) is 0 Å². The molecule has 1 amide bonds. The van der Waals surface area contributed by atoms with Gasteiger partial charge in [0.25, 0.3) is 5.91 Å². The van der Waals surface area contributed by atoms with Crippen LogP contribution in [0.25, 0.3) is 10.2 Å². The van der Waals surface area contributed by atoms with E-state index >= 15 is 0 Å². The number of carbonyl (C=O) groups excluding carboxylic acids is 1. The standard InChI is InChI=1S/C22H25ClN6O4S/c1-28(2)8-9-33-18(19(24)30)22(27-21-25-14-6-5-13(23)11-17(14)34-21)26-15-10-12(20(31)32)4-7-16(15)29(22)3/h4-7,10-11,18,26H,8-9H2,1-3H3,(H2,24,30)(H,25,27)(H,31,32). The number of nitrogens with one attached hydrogen (secondary N) is 2. The summed E-state index contributed by atoms with van der Waals surface area (Å²) >= 11 is 7.49. The number of primary amides is 1. The van der Waals surface area contributed by atoms with Crippen LogP contribution in [0.2, 0.25) is 5.02 Å². The van der Waals surface area contributed by atoms with E-state index < -0.39 is 23.8 Å². The number of fused-ring (bicyclic) bond motifs is 2. The molecule has 0 aliphatic carbocycles. The Morgan fingerprint density at radius 2 is 2.12 bits per heavy atom. The fourth-order valence-corrected chi connectivity index (χ4v) is 5.04. The van der Waals surface area contributed by atoms with Crippen LogP contribution in [0, 0.1) is 0 Å².